The second-order valence-electron chi connectivity index (χ2n) is 4.92. The Kier molecular flexibility index (Phi) is 3.64. The van der Waals surface area contributed by atoms with Crippen molar-refractivity contribution >= 4 is 11.6 Å². The zero-order chi connectivity index (χ0) is 14.1. The van der Waals surface area contributed by atoms with E-state index >= 15 is 0 Å². The third-order valence-electron chi connectivity index (χ3n) is 3.46. The molecule has 1 aliphatic rings. The molecule has 2 aromatic rings. The van der Waals surface area contributed by atoms with Crippen LogP contribution in [0.1, 0.15) is 5.56 Å². The Balaban J connectivity index is 2.08. The van der Waals surface area contributed by atoms with Gasteiger partial charge in [-0.05, 0) is 30.8 Å². The van der Waals surface area contributed by atoms with Crippen molar-refractivity contribution in [2.24, 2.45) is 0 Å². The van der Waals surface area contributed by atoms with Crippen molar-refractivity contribution in [3.8, 4) is 16.9 Å². The van der Waals surface area contributed by atoms with E-state index in [0.717, 1.165) is 29.8 Å². The number of ether oxygens (including phenoxy) is 1. The van der Waals surface area contributed by atoms with E-state index in [1.807, 2.05) is 19.2 Å². The van der Waals surface area contributed by atoms with Crippen LogP contribution in [0.5, 0.6) is 5.75 Å². The van der Waals surface area contributed by atoms with E-state index in [-0.39, 0.29) is 11.9 Å². The maximum absolute atomic E-state index is 14.0. The Bertz CT molecular complexity index is 644. The SMILES string of the molecule is CNCC1Cc2cc(Cl)cc(-c3ccccc3F)c2O1. The summed E-state index contributed by atoms with van der Waals surface area (Å²) in [5.74, 6) is 0.484. The number of hydrogen-bond donors (Lipinski definition) is 1. The lowest BCUT2D eigenvalue weighted by atomic mass is 10.00. The summed E-state index contributed by atoms with van der Waals surface area (Å²) in [6, 6.07) is 10.3. The number of likely N-dealkylation sites (N-methyl/N-ethyl adjacent to an activating group) is 1. The van der Waals surface area contributed by atoms with Gasteiger partial charge in [-0.3, -0.25) is 0 Å². The number of benzene rings is 2. The van der Waals surface area contributed by atoms with Gasteiger partial charge < -0.3 is 10.1 Å². The van der Waals surface area contributed by atoms with Crippen LogP contribution >= 0.6 is 11.6 Å². The second-order valence-corrected chi connectivity index (χ2v) is 5.36. The summed E-state index contributed by atoms with van der Waals surface area (Å²) in [7, 11) is 1.89. The first kappa shape index (κ1) is 13.4. The molecule has 0 spiro atoms. The van der Waals surface area contributed by atoms with Crippen molar-refractivity contribution in [3.05, 3.63) is 52.8 Å². The summed E-state index contributed by atoms with van der Waals surface area (Å²) >= 11 is 6.16. The van der Waals surface area contributed by atoms with E-state index in [1.54, 1.807) is 18.2 Å². The first-order chi connectivity index (χ1) is 9.69. The summed E-state index contributed by atoms with van der Waals surface area (Å²) in [5.41, 5.74) is 2.29. The van der Waals surface area contributed by atoms with Gasteiger partial charge in [0.1, 0.15) is 17.7 Å². The van der Waals surface area contributed by atoms with Crippen LogP contribution in [0.3, 0.4) is 0 Å². The highest BCUT2D eigenvalue weighted by atomic mass is 35.5. The molecule has 0 saturated carbocycles. The van der Waals surface area contributed by atoms with Crippen LogP contribution in [-0.2, 0) is 6.42 Å². The molecule has 20 heavy (non-hydrogen) atoms. The molecule has 2 nitrogen and oxygen atoms in total. The summed E-state index contributed by atoms with van der Waals surface area (Å²) in [4.78, 5) is 0. The maximum atomic E-state index is 14.0. The van der Waals surface area contributed by atoms with Gasteiger partial charge in [0, 0.05) is 29.1 Å². The number of hydrogen-bond acceptors (Lipinski definition) is 2. The van der Waals surface area contributed by atoms with Crippen LogP contribution in [0.25, 0.3) is 11.1 Å². The van der Waals surface area contributed by atoms with E-state index in [4.69, 9.17) is 16.3 Å². The topological polar surface area (TPSA) is 21.3 Å². The molecule has 0 aliphatic carbocycles. The molecule has 0 fully saturated rings. The van der Waals surface area contributed by atoms with Crippen molar-refractivity contribution in [1.29, 1.82) is 0 Å². The number of nitrogens with one attached hydrogen (secondary N) is 1. The van der Waals surface area contributed by atoms with Crippen molar-refractivity contribution in [2.45, 2.75) is 12.5 Å². The predicted molar refractivity (Wildman–Crippen MR) is 78.9 cm³/mol. The molecule has 0 aromatic heterocycles. The summed E-state index contributed by atoms with van der Waals surface area (Å²) in [5, 5.41) is 3.70. The molecular weight excluding hydrogens is 277 g/mol. The first-order valence-corrected chi connectivity index (χ1v) is 6.95. The smallest absolute Gasteiger partial charge is 0.131 e. The zero-order valence-electron chi connectivity index (χ0n) is 11.1. The highest BCUT2D eigenvalue weighted by molar-refractivity contribution is 6.31. The number of halogens is 2. The minimum absolute atomic E-state index is 0.0685. The lowest BCUT2D eigenvalue weighted by Crippen LogP contribution is -2.27. The van der Waals surface area contributed by atoms with Crippen LogP contribution in [0.15, 0.2) is 36.4 Å². The van der Waals surface area contributed by atoms with Gasteiger partial charge >= 0.3 is 0 Å². The second kappa shape index (κ2) is 5.43. The fourth-order valence-electron chi connectivity index (χ4n) is 2.62. The zero-order valence-corrected chi connectivity index (χ0v) is 11.9. The molecule has 3 rings (SSSR count). The highest BCUT2D eigenvalue weighted by Crippen LogP contribution is 2.41. The van der Waals surface area contributed by atoms with Crippen molar-refractivity contribution in [1.82, 2.24) is 5.32 Å². The molecule has 0 saturated heterocycles. The third kappa shape index (κ3) is 2.39. The predicted octanol–water partition coefficient (Wildman–Crippen LogP) is 3.67. The first-order valence-electron chi connectivity index (χ1n) is 6.57. The minimum atomic E-state index is -0.266. The Morgan fingerprint density at radius 1 is 1.30 bits per heavy atom. The molecular formula is C16H15ClFNO. The Morgan fingerprint density at radius 2 is 2.10 bits per heavy atom. The van der Waals surface area contributed by atoms with Gasteiger partial charge in [-0.1, -0.05) is 29.8 Å². The van der Waals surface area contributed by atoms with Gasteiger partial charge in [0.25, 0.3) is 0 Å². The summed E-state index contributed by atoms with van der Waals surface area (Å²) in [6.45, 7) is 0.753. The van der Waals surface area contributed by atoms with Crippen LogP contribution in [0.2, 0.25) is 5.02 Å². The molecule has 0 amide bonds. The van der Waals surface area contributed by atoms with E-state index < -0.39 is 0 Å². The fraction of sp³-hybridized carbons (Fsp3) is 0.250. The molecule has 104 valence electrons. The van der Waals surface area contributed by atoms with Crippen molar-refractivity contribution < 1.29 is 9.13 Å². The highest BCUT2D eigenvalue weighted by Gasteiger charge is 2.26. The summed E-state index contributed by atoms with van der Waals surface area (Å²) < 4.78 is 20.0. The van der Waals surface area contributed by atoms with Gasteiger partial charge in [0.05, 0.1) is 0 Å². The van der Waals surface area contributed by atoms with Gasteiger partial charge in [-0.25, -0.2) is 4.39 Å². The average Bonchev–Trinajstić information content (AvgIpc) is 2.81. The van der Waals surface area contributed by atoms with Crippen LogP contribution in [0.4, 0.5) is 4.39 Å². The standard InChI is InChI=1S/C16H15ClFNO/c1-19-9-12-7-10-6-11(17)8-14(16(10)20-12)13-4-2-3-5-15(13)18/h2-6,8,12,19H,7,9H2,1H3. The van der Waals surface area contributed by atoms with E-state index in [9.17, 15) is 4.39 Å². The van der Waals surface area contributed by atoms with E-state index in [2.05, 4.69) is 5.32 Å². The Labute approximate surface area is 122 Å². The lowest BCUT2D eigenvalue weighted by molar-refractivity contribution is 0.232. The van der Waals surface area contributed by atoms with Gasteiger partial charge in [0.2, 0.25) is 0 Å². The lowest BCUT2D eigenvalue weighted by Gasteiger charge is -2.13. The largest absolute Gasteiger partial charge is 0.488 e. The molecule has 4 heteroatoms. The van der Waals surface area contributed by atoms with E-state index in [0.29, 0.717) is 10.6 Å². The van der Waals surface area contributed by atoms with Gasteiger partial charge in [0.15, 0.2) is 0 Å². The van der Waals surface area contributed by atoms with Crippen LogP contribution in [0, 0.1) is 5.82 Å². The van der Waals surface area contributed by atoms with Crippen molar-refractivity contribution in [2.75, 3.05) is 13.6 Å². The number of fused-ring (bicyclic) bond motifs is 1. The monoisotopic (exact) mass is 291 g/mol. The molecule has 1 atom stereocenters. The van der Waals surface area contributed by atoms with E-state index in [1.165, 1.54) is 6.07 Å². The normalized spacial score (nSPS) is 16.9. The molecule has 0 bridgehead atoms. The van der Waals surface area contributed by atoms with Crippen LogP contribution < -0.4 is 10.1 Å². The molecule has 1 heterocycles. The van der Waals surface area contributed by atoms with Gasteiger partial charge in [-0.15, -0.1) is 0 Å². The maximum Gasteiger partial charge on any atom is 0.131 e. The van der Waals surface area contributed by atoms with Crippen LogP contribution in [-0.4, -0.2) is 19.7 Å². The Morgan fingerprint density at radius 3 is 2.85 bits per heavy atom. The van der Waals surface area contributed by atoms with Crippen molar-refractivity contribution in [3.63, 3.8) is 0 Å². The molecule has 1 unspecified atom stereocenters. The summed E-state index contributed by atoms with van der Waals surface area (Å²) in [6.07, 6.45) is 0.858. The Hall–Kier alpha value is -1.58. The fourth-order valence-corrected chi connectivity index (χ4v) is 2.86. The molecule has 1 N–H and O–H groups in total. The average molecular weight is 292 g/mol. The van der Waals surface area contributed by atoms with Gasteiger partial charge in [-0.2, -0.15) is 0 Å². The molecule has 2 aromatic carbocycles. The number of rotatable bonds is 3. The molecule has 1 aliphatic heterocycles. The minimum Gasteiger partial charge on any atom is -0.488 e. The quantitative estimate of drug-likeness (QED) is 0.932. The third-order valence-corrected chi connectivity index (χ3v) is 3.68. The molecule has 0 radical (unpaired) electrons.